The van der Waals surface area contributed by atoms with Crippen LogP contribution in [0.3, 0.4) is 0 Å². The van der Waals surface area contributed by atoms with Gasteiger partial charge in [0, 0.05) is 11.3 Å². The van der Waals surface area contributed by atoms with E-state index < -0.39 is 17.7 Å². The molecule has 0 aliphatic carbocycles. The van der Waals surface area contributed by atoms with Gasteiger partial charge in [-0.2, -0.15) is 0 Å². The molecule has 1 fully saturated rings. The highest BCUT2D eigenvalue weighted by atomic mass is 32.2. The Balaban J connectivity index is 1.53. The second-order valence-electron chi connectivity index (χ2n) is 8.23. The Kier molecular flexibility index (Phi) is 6.46. The number of aliphatic hydroxyl groups is 1. The van der Waals surface area contributed by atoms with Crippen molar-refractivity contribution in [2.45, 2.75) is 30.0 Å². The number of halogens is 1. The highest BCUT2D eigenvalue weighted by Gasteiger charge is 2.49. The normalized spacial score (nSPS) is 17.2. The first kappa shape index (κ1) is 24.0. The lowest BCUT2D eigenvalue weighted by atomic mass is 9.96. The number of aliphatic hydroxyl groups excluding tert-OH is 1. The summed E-state index contributed by atoms with van der Waals surface area (Å²) >= 11 is 2.38. The zero-order chi connectivity index (χ0) is 25.4. The van der Waals surface area contributed by atoms with E-state index in [4.69, 9.17) is 4.42 Å². The van der Waals surface area contributed by atoms with Crippen LogP contribution < -0.4 is 4.90 Å². The summed E-state index contributed by atoms with van der Waals surface area (Å²) in [4.78, 5) is 27.6. The molecule has 0 radical (unpaired) electrons. The van der Waals surface area contributed by atoms with Gasteiger partial charge in [-0.05, 0) is 49.2 Å². The van der Waals surface area contributed by atoms with E-state index in [9.17, 15) is 19.1 Å². The standard InChI is InChI=1S/C26H20FN3O4S2/c1-14-9-10-15(2)17(12-14)22(31)20-21(19-8-5-11-34-19)30(24(33)23(20)32)25-28-29-26(36-25)35-13-16-6-3-4-7-18(16)27/h3-12,21,31H,13H2,1-2H3/b22-20+. The Labute approximate surface area is 214 Å². The summed E-state index contributed by atoms with van der Waals surface area (Å²) in [5.74, 6) is -1.65. The van der Waals surface area contributed by atoms with Gasteiger partial charge >= 0.3 is 5.91 Å². The quantitative estimate of drug-likeness (QED) is 0.113. The number of amides is 1. The summed E-state index contributed by atoms with van der Waals surface area (Å²) in [6.07, 6.45) is 1.43. The number of hydrogen-bond acceptors (Lipinski definition) is 8. The molecule has 1 atom stereocenters. The number of nitrogens with zero attached hydrogens (tertiary/aromatic N) is 3. The molecule has 1 amide bonds. The summed E-state index contributed by atoms with van der Waals surface area (Å²) in [6, 6.07) is 14.2. The second kappa shape index (κ2) is 9.71. The van der Waals surface area contributed by atoms with Gasteiger partial charge in [0.05, 0.1) is 11.8 Å². The minimum absolute atomic E-state index is 0.0839. The molecule has 182 valence electrons. The van der Waals surface area contributed by atoms with Crippen molar-refractivity contribution in [1.29, 1.82) is 0 Å². The number of rotatable bonds is 6. The van der Waals surface area contributed by atoms with Crippen LogP contribution in [0.1, 0.15) is 34.1 Å². The molecule has 2 aromatic heterocycles. The molecule has 4 aromatic rings. The van der Waals surface area contributed by atoms with Crippen LogP contribution in [0.5, 0.6) is 0 Å². The van der Waals surface area contributed by atoms with Crippen LogP contribution in [-0.4, -0.2) is 27.0 Å². The molecular weight excluding hydrogens is 501 g/mol. The number of aryl methyl sites for hydroxylation is 2. The molecule has 0 bridgehead atoms. The van der Waals surface area contributed by atoms with E-state index >= 15 is 0 Å². The number of furan rings is 1. The van der Waals surface area contributed by atoms with Gasteiger partial charge in [0.25, 0.3) is 5.78 Å². The fourth-order valence-electron chi connectivity index (χ4n) is 4.00. The van der Waals surface area contributed by atoms with Crippen molar-refractivity contribution in [3.63, 3.8) is 0 Å². The average molecular weight is 522 g/mol. The Bertz CT molecular complexity index is 1500. The number of anilines is 1. The lowest BCUT2D eigenvalue weighted by Gasteiger charge is -2.20. The Morgan fingerprint density at radius 3 is 2.69 bits per heavy atom. The van der Waals surface area contributed by atoms with E-state index in [2.05, 4.69) is 10.2 Å². The van der Waals surface area contributed by atoms with Crippen molar-refractivity contribution in [2.24, 2.45) is 0 Å². The van der Waals surface area contributed by atoms with Crippen LogP contribution in [0.15, 0.2) is 75.2 Å². The van der Waals surface area contributed by atoms with Gasteiger partial charge in [0.15, 0.2) is 4.34 Å². The maximum Gasteiger partial charge on any atom is 0.302 e. The molecule has 1 saturated heterocycles. The van der Waals surface area contributed by atoms with Crippen molar-refractivity contribution < 1.29 is 23.5 Å². The summed E-state index contributed by atoms with van der Waals surface area (Å²) in [7, 11) is 0. The molecular formula is C26H20FN3O4S2. The number of Topliss-reactive ketones (excluding diaryl/α,β-unsaturated/α-hetero) is 1. The third-order valence-electron chi connectivity index (χ3n) is 5.82. The number of hydrogen-bond donors (Lipinski definition) is 1. The second-order valence-corrected chi connectivity index (χ2v) is 10.4. The molecule has 0 spiro atoms. The first-order valence-electron chi connectivity index (χ1n) is 11.0. The molecule has 36 heavy (non-hydrogen) atoms. The van der Waals surface area contributed by atoms with Crippen LogP contribution in [0.4, 0.5) is 9.52 Å². The monoisotopic (exact) mass is 521 g/mol. The Morgan fingerprint density at radius 2 is 1.94 bits per heavy atom. The molecule has 3 heterocycles. The first-order valence-corrected chi connectivity index (χ1v) is 12.8. The molecule has 1 aliphatic heterocycles. The van der Waals surface area contributed by atoms with E-state index in [-0.39, 0.29) is 22.3 Å². The molecule has 2 aromatic carbocycles. The van der Waals surface area contributed by atoms with E-state index in [1.807, 2.05) is 26.0 Å². The number of thioether (sulfide) groups is 1. The van der Waals surface area contributed by atoms with Crippen molar-refractivity contribution in [3.05, 3.63) is 100 Å². The number of aromatic nitrogens is 2. The summed E-state index contributed by atoms with van der Waals surface area (Å²) in [5, 5.41) is 19.7. The smallest absolute Gasteiger partial charge is 0.302 e. The van der Waals surface area contributed by atoms with Crippen molar-refractivity contribution in [3.8, 4) is 0 Å². The van der Waals surface area contributed by atoms with Gasteiger partial charge in [-0.15, -0.1) is 10.2 Å². The number of carbonyl (C=O) groups excluding carboxylic acids is 2. The molecule has 1 unspecified atom stereocenters. The largest absolute Gasteiger partial charge is 0.507 e. The number of benzene rings is 2. The molecule has 0 saturated carbocycles. The number of carbonyl (C=O) groups is 2. The summed E-state index contributed by atoms with van der Waals surface area (Å²) < 4.78 is 20.1. The predicted molar refractivity (Wildman–Crippen MR) is 135 cm³/mol. The van der Waals surface area contributed by atoms with Gasteiger partial charge in [-0.25, -0.2) is 4.39 Å². The van der Waals surface area contributed by atoms with Gasteiger partial charge in [0.2, 0.25) is 5.13 Å². The van der Waals surface area contributed by atoms with Crippen LogP contribution >= 0.6 is 23.1 Å². The zero-order valence-corrected chi connectivity index (χ0v) is 20.9. The lowest BCUT2D eigenvalue weighted by Crippen LogP contribution is -2.29. The van der Waals surface area contributed by atoms with E-state index in [0.717, 1.165) is 22.5 Å². The third kappa shape index (κ3) is 4.33. The molecule has 1 N–H and O–H groups in total. The molecule has 7 nitrogen and oxygen atoms in total. The fourth-order valence-corrected chi connectivity index (χ4v) is 5.85. The lowest BCUT2D eigenvalue weighted by molar-refractivity contribution is -0.132. The van der Waals surface area contributed by atoms with Gasteiger partial charge in [0.1, 0.15) is 23.4 Å². The van der Waals surface area contributed by atoms with Crippen LogP contribution in [-0.2, 0) is 15.3 Å². The maximum absolute atomic E-state index is 14.0. The topological polar surface area (TPSA) is 96.5 Å². The molecule has 1 aliphatic rings. The van der Waals surface area contributed by atoms with Crippen LogP contribution in [0.2, 0.25) is 0 Å². The Hall–Kier alpha value is -3.76. The fraction of sp³-hybridized carbons (Fsp3) is 0.154. The molecule has 10 heteroatoms. The SMILES string of the molecule is Cc1ccc(C)c(/C(O)=C2\C(=O)C(=O)N(c3nnc(SCc4ccccc4F)s3)C2c2ccco2)c1. The van der Waals surface area contributed by atoms with Crippen molar-refractivity contribution in [1.82, 2.24) is 10.2 Å². The minimum atomic E-state index is -1.02. The van der Waals surface area contributed by atoms with E-state index in [1.54, 1.807) is 36.4 Å². The number of ketones is 1. The van der Waals surface area contributed by atoms with Gasteiger partial charge < -0.3 is 9.52 Å². The van der Waals surface area contributed by atoms with Gasteiger partial charge in [-0.3, -0.25) is 14.5 Å². The van der Waals surface area contributed by atoms with Crippen LogP contribution in [0.25, 0.3) is 5.76 Å². The summed E-state index contributed by atoms with van der Waals surface area (Å²) in [5.41, 5.74) is 2.54. The maximum atomic E-state index is 14.0. The average Bonchev–Trinajstić information content (AvgIpc) is 3.61. The highest BCUT2D eigenvalue weighted by Crippen LogP contribution is 2.44. The van der Waals surface area contributed by atoms with Crippen LogP contribution in [0, 0.1) is 19.7 Å². The summed E-state index contributed by atoms with van der Waals surface area (Å²) in [6.45, 7) is 3.69. The highest BCUT2D eigenvalue weighted by molar-refractivity contribution is 8.00. The third-order valence-corrected chi connectivity index (χ3v) is 7.92. The minimum Gasteiger partial charge on any atom is -0.507 e. The molecule has 5 rings (SSSR count). The predicted octanol–water partition coefficient (Wildman–Crippen LogP) is 5.81. The Morgan fingerprint density at radius 1 is 1.14 bits per heavy atom. The van der Waals surface area contributed by atoms with E-state index in [1.165, 1.54) is 29.0 Å². The van der Waals surface area contributed by atoms with Gasteiger partial charge in [-0.1, -0.05) is 59.0 Å². The first-order chi connectivity index (χ1) is 17.3. The van der Waals surface area contributed by atoms with Crippen molar-refractivity contribution in [2.75, 3.05) is 4.90 Å². The van der Waals surface area contributed by atoms with Crippen molar-refractivity contribution >= 4 is 45.7 Å². The van der Waals surface area contributed by atoms with E-state index in [0.29, 0.717) is 27.0 Å². The zero-order valence-electron chi connectivity index (χ0n) is 19.3.